The summed E-state index contributed by atoms with van der Waals surface area (Å²) < 4.78 is 0. The number of carboxylic acids is 1. The van der Waals surface area contributed by atoms with E-state index in [-0.39, 0.29) is 12.5 Å². The topological polar surface area (TPSA) is 69.6 Å². The van der Waals surface area contributed by atoms with Gasteiger partial charge in [-0.15, -0.1) is 0 Å². The number of carbonyl (C=O) groups excluding carboxylic acids is 1. The number of aliphatic carboxylic acids is 1. The van der Waals surface area contributed by atoms with Gasteiger partial charge in [0.1, 0.15) is 6.04 Å². The van der Waals surface area contributed by atoms with Gasteiger partial charge < -0.3 is 15.3 Å². The molecule has 1 unspecified atom stereocenters. The summed E-state index contributed by atoms with van der Waals surface area (Å²) in [5.74, 6) is -1.04. The number of fused-ring (bicyclic) bond motifs is 1. The molecule has 0 bridgehead atoms. The number of para-hydroxylation sites is 2. The predicted octanol–water partition coefficient (Wildman–Crippen LogP) is 2.09. The molecule has 5 nitrogen and oxygen atoms in total. The lowest BCUT2D eigenvalue weighted by Crippen LogP contribution is -2.48. The smallest absolute Gasteiger partial charge is 0.326 e. The largest absolute Gasteiger partial charge is 0.480 e. The fourth-order valence-electron chi connectivity index (χ4n) is 2.35. The lowest BCUT2D eigenvalue weighted by molar-refractivity contribution is -0.138. The van der Waals surface area contributed by atoms with E-state index in [2.05, 4.69) is 5.32 Å². The Hall–Kier alpha value is -2.04. The van der Waals surface area contributed by atoms with Crippen molar-refractivity contribution in [2.24, 2.45) is 0 Å². The number of anilines is 2. The average molecular weight is 262 g/mol. The number of carbonyl (C=O) groups is 2. The van der Waals surface area contributed by atoms with Crippen LogP contribution >= 0.6 is 0 Å². The molecule has 0 aromatic heterocycles. The van der Waals surface area contributed by atoms with Crippen molar-refractivity contribution < 1.29 is 14.7 Å². The number of rotatable bonds is 5. The van der Waals surface area contributed by atoms with Gasteiger partial charge in [-0.05, 0) is 18.6 Å². The van der Waals surface area contributed by atoms with Crippen LogP contribution in [0.3, 0.4) is 0 Å². The molecule has 2 N–H and O–H groups in total. The number of amides is 1. The van der Waals surface area contributed by atoms with Gasteiger partial charge in [0, 0.05) is 0 Å². The summed E-state index contributed by atoms with van der Waals surface area (Å²) in [4.78, 5) is 24.8. The van der Waals surface area contributed by atoms with E-state index in [9.17, 15) is 14.7 Å². The lowest BCUT2D eigenvalue weighted by Gasteiger charge is -2.35. The van der Waals surface area contributed by atoms with Gasteiger partial charge in [-0.25, -0.2) is 4.79 Å². The molecule has 1 aromatic rings. The zero-order valence-corrected chi connectivity index (χ0v) is 10.9. The molecule has 5 heteroatoms. The van der Waals surface area contributed by atoms with Crippen LogP contribution in [0, 0.1) is 0 Å². The molecule has 0 saturated carbocycles. The van der Waals surface area contributed by atoms with Crippen LogP contribution in [0.2, 0.25) is 0 Å². The van der Waals surface area contributed by atoms with Crippen LogP contribution < -0.4 is 10.2 Å². The summed E-state index contributed by atoms with van der Waals surface area (Å²) >= 11 is 0. The molecule has 0 aliphatic carbocycles. The fraction of sp³-hybridized carbons (Fsp3) is 0.429. The van der Waals surface area contributed by atoms with Crippen molar-refractivity contribution in [2.45, 2.75) is 32.2 Å². The summed E-state index contributed by atoms with van der Waals surface area (Å²) in [6.07, 6.45) is 2.32. The molecule has 102 valence electrons. The Balaban J connectivity index is 2.31. The van der Waals surface area contributed by atoms with Crippen LogP contribution in [-0.2, 0) is 9.59 Å². The van der Waals surface area contributed by atoms with E-state index in [1.54, 1.807) is 11.0 Å². The second-order valence-electron chi connectivity index (χ2n) is 4.69. The third-order valence-electron chi connectivity index (χ3n) is 3.29. The molecule has 19 heavy (non-hydrogen) atoms. The summed E-state index contributed by atoms with van der Waals surface area (Å²) in [6.45, 7) is 2.12. The minimum absolute atomic E-state index is 0.0949. The van der Waals surface area contributed by atoms with Crippen molar-refractivity contribution in [2.75, 3.05) is 16.8 Å². The highest BCUT2D eigenvalue weighted by atomic mass is 16.4. The van der Waals surface area contributed by atoms with Crippen LogP contribution in [0.4, 0.5) is 11.4 Å². The Morgan fingerprint density at radius 1 is 1.47 bits per heavy atom. The third-order valence-corrected chi connectivity index (χ3v) is 3.29. The van der Waals surface area contributed by atoms with Gasteiger partial charge in [0.15, 0.2) is 0 Å². The highest BCUT2D eigenvalue weighted by Crippen LogP contribution is 2.31. The predicted molar refractivity (Wildman–Crippen MR) is 73.4 cm³/mol. The van der Waals surface area contributed by atoms with Gasteiger partial charge in [0.05, 0.1) is 17.9 Å². The van der Waals surface area contributed by atoms with E-state index in [0.717, 1.165) is 18.5 Å². The second kappa shape index (κ2) is 5.73. The van der Waals surface area contributed by atoms with Gasteiger partial charge >= 0.3 is 5.97 Å². The molecule has 1 amide bonds. The van der Waals surface area contributed by atoms with Crippen LogP contribution in [0.25, 0.3) is 0 Å². The maximum Gasteiger partial charge on any atom is 0.326 e. The van der Waals surface area contributed by atoms with Gasteiger partial charge in [0.25, 0.3) is 0 Å². The van der Waals surface area contributed by atoms with E-state index in [4.69, 9.17) is 0 Å². The maximum atomic E-state index is 11.7. The average Bonchev–Trinajstić information content (AvgIpc) is 2.38. The first-order chi connectivity index (χ1) is 9.13. The molecule has 0 spiro atoms. The highest BCUT2D eigenvalue weighted by molar-refractivity contribution is 6.02. The number of nitrogens with zero attached hydrogens (tertiary/aromatic N) is 1. The quantitative estimate of drug-likeness (QED) is 0.852. The van der Waals surface area contributed by atoms with Crippen molar-refractivity contribution in [3.8, 4) is 0 Å². The summed E-state index contributed by atoms with van der Waals surface area (Å²) in [5, 5.41) is 12.2. The lowest BCUT2D eigenvalue weighted by atomic mass is 10.1. The van der Waals surface area contributed by atoms with Crippen molar-refractivity contribution in [3.05, 3.63) is 24.3 Å². The molecule has 1 aromatic carbocycles. The molecule has 1 heterocycles. The van der Waals surface area contributed by atoms with Crippen molar-refractivity contribution >= 4 is 23.3 Å². The Labute approximate surface area is 112 Å². The van der Waals surface area contributed by atoms with Gasteiger partial charge in [0.2, 0.25) is 5.91 Å². The zero-order chi connectivity index (χ0) is 13.8. The molecule has 1 aliphatic heterocycles. The first-order valence-electron chi connectivity index (χ1n) is 6.51. The van der Waals surface area contributed by atoms with Crippen molar-refractivity contribution in [3.63, 3.8) is 0 Å². The van der Waals surface area contributed by atoms with Crippen molar-refractivity contribution in [1.29, 1.82) is 0 Å². The van der Waals surface area contributed by atoms with E-state index in [1.165, 1.54) is 0 Å². The summed E-state index contributed by atoms with van der Waals surface area (Å²) in [7, 11) is 0. The first-order valence-corrected chi connectivity index (χ1v) is 6.51. The number of carboxylic acid groups (broad SMARTS) is 1. The number of unbranched alkanes of at least 4 members (excludes halogenated alkanes) is 1. The first kappa shape index (κ1) is 13.4. The van der Waals surface area contributed by atoms with Gasteiger partial charge in [-0.1, -0.05) is 31.9 Å². The van der Waals surface area contributed by atoms with Crippen LogP contribution in [0.5, 0.6) is 0 Å². The molecular formula is C14H18N2O3. The number of hydrogen-bond donors (Lipinski definition) is 2. The molecular weight excluding hydrogens is 244 g/mol. The molecule has 0 saturated heterocycles. The van der Waals surface area contributed by atoms with Gasteiger partial charge in [-0.3, -0.25) is 4.79 Å². The zero-order valence-electron chi connectivity index (χ0n) is 10.9. The van der Waals surface area contributed by atoms with E-state index >= 15 is 0 Å². The molecule has 2 rings (SSSR count). The minimum atomic E-state index is -0.877. The number of benzene rings is 1. The number of hydrogen-bond acceptors (Lipinski definition) is 3. The highest BCUT2D eigenvalue weighted by Gasteiger charge is 2.31. The monoisotopic (exact) mass is 262 g/mol. The Kier molecular flexibility index (Phi) is 4.04. The normalized spacial score (nSPS) is 15.6. The van der Waals surface area contributed by atoms with E-state index in [0.29, 0.717) is 12.1 Å². The van der Waals surface area contributed by atoms with E-state index < -0.39 is 12.0 Å². The molecule has 1 aliphatic rings. The molecule has 0 radical (unpaired) electrons. The van der Waals surface area contributed by atoms with Crippen LogP contribution in [-0.4, -0.2) is 29.6 Å². The maximum absolute atomic E-state index is 11.7. The Bertz CT molecular complexity index is 487. The van der Waals surface area contributed by atoms with Crippen molar-refractivity contribution in [1.82, 2.24) is 0 Å². The third kappa shape index (κ3) is 2.86. The fourth-order valence-corrected chi connectivity index (χ4v) is 2.35. The Morgan fingerprint density at radius 2 is 2.21 bits per heavy atom. The molecule has 0 fully saturated rings. The summed E-state index contributed by atoms with van der Waals surface area (Å²) in [6, 6.07) is 6.66. The van der Waals surface area contributed by atoms with Crippen LogP contribution in [0.1, 0.15) is 26.2 Å². The Morgan fingerprint density at radius 3 is 2.89 bits per heavy atom. The standard InChI is InChI=1S/C14H18N2O3/c1-2-3-7-12(14(18)19)16-9-13(17)15-10-6-4-5-8-11(10)16/h4-6,8,12H,2-3,7,9H2,1H3,(H,15,17)(H,18,19). The number of nitrogens with one attached hydrogen (secondary N) is 1. The minimum Gasteiger partial charge on any atom is -0.480 e. The summed E-state index contributed by atoms with van der Waals surface area (Å²) in [5.41, 5.74) is 1.46. The van der Waals surface area contributed by atoms with E-state index in [1.807, 2.05) is 25.1 Å². The van der Waals surface area contributed by atoms with Gasteiger partial charge in [-0.2, -0.15) is 0 Å². The molecule has 1 atom stereocenters. The van der Waals surface area contributed by atoms with Crippen LogP contribution in [0.15, 0.2) is 24.3 Å². The second-order valence-corrected chi connectivity index (χ2v) is 4.69. The SMILES string of the molecule is CCCCC(C(=O)O)N1CC(=O)Nc2ccccc21.